The zero-order chi connectivity index (χ0) is 16.8. The van der Waals surface area contributed by atoms with E-state index in [-0.39, 0.29) is 5.91 Å². The number of piperidine rings is 1. The Morgan fingerprint density at radius 3 is 2.42 bits per heavy atom. The van der Waals surface area contributed by atoms with Gasteiger partial charge in [0.25, 0.3) is 5.91 Å². The van der Waals surface area contributed by atoms with Crippen LogP contribution in [0.4, 0.5) is 0 Å². The average molecular weight is 323 g/mol. The molecule has 126 valence electrons. The summed E-state index contributed by atoms with van der Waals surface area (Å²) in [5.41, 5.74) is 3.97. The van der Waals surface area contributed by atoms with Gasteiger partial charge >= 0.3 is 0 Å². The van der Waals surface area contributed by atoms with Gasteiger partial charge in [0.05, 0.1) is 5.56 Å². The minimum absolute atomic E-state index is 0.0834. The summed E-state index contributed by atoms with van der Waals surface area (Å²) in [4.78, 5) is 18.8. The van der Waals surface area contributed by atoms with Gasteiger partial charge in [-0.15, -0.1) is 0 Å². The first-order valence-electron chi connectivity index (χ1n) is 8.72. The molecule has 0 bridgehead atoms. The predicted molar refractivity (Wildman–Crippen MR) is 95.7 cm³/mol. The fourth-order valence-electron chi connectivity index (χ4n) is 3.02. The molecule has 3 rings (SSSR count). The molecule has 0 aliphatic carbocycles. The number of aryl methyl sites for hydroxylation is 1. The molecule has 0 radical (unpaired) electrons. The van der Waals surface area contributed by atoms with Crippen LogP contribution in [0, 0.1) is 6.92 Å². The first kappa shape index (κ1) is 16.7. The number of pyridine rings is 1. The van der Waals surface area contributed by atoms with E-state index in [9.17, 15) is 4.79 Å². The van der Waals surface area contributed by atoms with E-state index in [1.807, 2.05) is 13.0 Å². The van der Waals surface area contributed by atoms with Crippen molar-refractivity contribution in [3.05, 3.63) is 65.0 Å². The lowest BCUT2D eigenvalue weighted by Gasteiger charge is -2.26. The molecule has 1 amide bonds. The number of hydrogen-bond acceptors (Lipinski definition) is 3. The summed E-state index contributed by atoms with van der Waals surface area (Å²) in [6, 6.07) is 12.2. The molecule has 1 aliphatic rings. The van der Waals surface area contributed by atoms with Gasteiger partial charge in [0, 0.05) is 25.0 Å². The third kappa shape index (κ3) is 4.65. The average Bonchev–Trinajstić information content (AvgIpc) is 2.62. The Hall–Kier alpha value is -2.20. The van der Waals surface area contributed by atoms with E-state index >= 15 is 0 Å². The molecule has 4 nitrogen and oxygen atoms in total. The van der Waals surface area contributed by atoms with Crippen molar-refractivity contribution in [3.63, 3.8) is 0 Å². The maximum absolute atomic E-state index is 12.1. The van der Waals surface area contributed by atoms with E-state index in [4.69, 9.17) is 0 Å². The van der Waals surface area contributed by atoms with Crippen LogP contribution in [0.3, 0.4) is 0 Å². The molecule has 1 aromatic heterocycles. The summed E-state index contributed by atoms with van der Waals surface area (Å²) < 4.78 is 0. The monoisotopic (exact) mass is 323 g/mol. The Morgan fingerprint density at radius 2 is 1.75 bits per heavy atom. The van der Waals surface area contributed by atoms with Crippen molar-refractivity contribution >= 4 is 5.91 Å². The number of amides is 1. The molecule has 0 spiro atoms. The molecule has 1 fully saturated rings. The number of benzene rings is 1. The van der Waals surface area contributed by atoms with Gasteiger partial charge < -0.3 is 5.32 Å². The zero-order valence-corrected chi connectivity index (χ0v) is 14.3. The Morgan fingerprint density at radius 1 is 1.04 bits per heavy atom. The fraction of sp³-hybridized carbons (Fsp3) is 0.400. The number of carbonyl (C=O) groups excluding carboxylic acids is 1. The minimum atomic E-state index is -0.0834. The highest BCUT2D eigenvalue weighted by atomic mass is 16.1. The number of nitrogens with one attached hydrogen (secondary N) is 1. The van der Waals surface area contributed by atoms with Gasteiger partial charge in [-0.3, -0.25) is 14.7 Å². The maximum Gasteiger partial charge on any atom is 0.253 e. The number of rotatable bonds is 5. The van der Waals surface area contributed by atoms with E-state index in [1.165, 1.54) is 37.9 Å². The first-order chi connectivity index (χ1) is 11.7. The molecule has 1 aliphatic heterocycles. The fourth-order valence-corrected chi connectivity index (χ4v) is 3.02. The van der Waals surface area contributed by atoms with E-state index in [2.05, 4.69) is 39.5 Å². The van der Waals surface area contributed by atoms with Gasteiger partial charge in [-0.25, -0.2) is 0 Å². The van der Waals surface area contributed by atoms with Crippen molar-refractivity contribution in [3.8, 4) is 0 Å². The largest absolute Gasteiger partial charge is 0.348 e. The highest BCUT2D eigenvalue weighted by Gasteiger charge is 2.10. The molecule has 0 saturated carbocycles. The second kappa shape index (κ2) is 8.06. The normalized spacial score (nSPS) is 15.2. The number of nitrogens with zero attached hydrogens (tertiary/aromatic N) is 2. The van der Waals surface area contributed by atoms with E-state index in [0.717, 1.165) is 17.8 Å². The summed E-state index contributed by atoms with van der Waals surface area (Å²) in [6.07, 6.45) is 5.62. The van der Waals surface area contributed by atoms with Gasteiger partial charge in [0.1, 0.15) is 0 Å². The minimum Gasteiger partial charge on any atom is -0.348 e. The van der Waals surface area contributed by atoms with E-state index in [1.54, 1.807) is 12.3 Å². The Kier molecular flexibility index (Phi) is 5.59. The van der Waals surface area contributed by atoms with E-state index < -0.39 is 0 Å². The molecular weight excluding hydrogens is 298 g/mol. The first-order valence-corrected chi connectivity index (χ1v) is 8.72. The zero-order valence-electron chi connectivity index (χ0n) is 14.3. The molecule has 2 heterocycles. The van der Waals surface area contributed by atoms with Crippen LogP contribution in [0.1, 0.15) is 46.4 Å². The molecule has 0 unspecified atom stereocenters. The lowest BCUT2D eigenvalue weighted by molar-refractivity contribution is 0.0950. The number of hydrogen-bond donors (Lipinski definition) is 1. The lowest BCUT2D eigenvalue weighted by atomic mass is 10.1. The third-order valence-electron chi connectivity index (χ3n) is 4.50. The van der Waals surface area contributed by atoms with Crippen molar-refractivity contribution < 1.29 is 4.79 Å². The standard InChI is InChI=1S/C20H25N3O/c1-16-5-10-19(14-21-16)20(24)22-13-17-6-8-18(9-7-17)15-23-11-3-2-4-12-23/h5-10,14H,2-4,11-13,15H2,1H3,(H,22,24). The van der Waals surface area contributed by atoms with Gasteiger partial charge in [-0.1, -0.05) is 30.7 Å². The molecule has 1 saturated heterocycles. The van der Waals surface area contributed by atoms with Gasteiger partial charge in [-0.2, -0.15) is 0 Å². The Balaban J connectivity index is 1.50. The topological polar surface area (TPSA) is 45.2 Å². The molecule has 1 aromatic carbocycles. The van der Waals surface area contributed by atoms with Crippen LogP contribution >= 0.6 is 0 Å². The predicted octanol–water partition coefficient (Wildman–Crippen LogP) is 3.31. The summed E-state index contributed by atoms with van der Waals surface area (Å²) in [6.45, 7) is 5.90. The second-order valence-corrected chi connectivity index (χ2v) is 6.52. The molecule has 0 atom stereocenters. The SMILES string of the molecule is Cc1ccc(C(=O)NCc2ccc(CN3CCCCC3)cc2)cn1. The van der Waals surface area contributed by atoms with E-state index in [0.29, 0.717) is 12.1 Å². The summed E-state index contributed by atoms with van der Waals surface area (Å²) in [7, 11) is 0. The molecular formula is C20H25N3O. The number of likely N-dealkylation sites (tertiary alicyclic amines) is 1. The van der Waals surface area contributed by atoms with Crippen molar-refractivity contribution in [2.75, 3.05) is 13.1 Å². The van der Waals surface area contributed by atoms with Gasteiger partial charge in [0.2, 0.25) is 0 Å². The van der Waals surface area contributed by atoms with Crippen LogP contribution in [0.25, 0.3) is 0 Å². The molecule has 24 heavy (non-hydrogen) atoms. The summed E-state index contributed by atoms with van der Waals surface area (Å²) in [5.74, 6) is -0.0834. The lowest BCUT2D eigenvalue weighted by Crippen LogP contribution is -2.29. The van der Waals surface area contributed by atoms with Crippen molar-refractivity contribution in [2.45, 2.75) is 39.3 Å². The molecule has 4 heteroatoms. The van der Waals surface area contributed by atoms with Crippen LogP contribution in [-0.2, 0) is 13.1 Å². The quantitative estimate of drug-likeness (QED) is 0.918. The van der Waals surface area contributed by atoms with Crippen LogP contribution in [0.15, 0.2) is 42.6 Å². The smallest absolute Gasteiger partial charge is 0.253 e. The van der Waals surface area contributed by atoms with Gasteiger partial charge in [-0.05, 0) is 56.1 Å². The Labute approximate surface area is 143 Å². The van der Waals surface area contributed by atoms with Gasteiger partial charge in [0.15, 0.2) is 0 Å². The highest BCUT2D eigenvalue weighted by molar-refractivity contribution is 5.93. The van der Waals surface area contributed by atoms with Crippen molar-refractivity contribution in [1.29, 1.82) is 0 Å². The Bertz CT molecular complexity index is 658. The number of carbonyl (C=O) groups is 1. The molecule has 2 aromatic rings. The summed E-state index contributed by atoms with van der Waals surface area (Å²) >= 11 is 0. The van der Waals surface area contributed by atoms with Crippen LogP contribution in [0.2, 0.25) is 0 Å². The summed E-state index contributed by atoms with van der Waals surface area (Å²) in [5, 5.41) is 2.95. The van der Waals surface area contributed by atoms with Crippen molar-refractivity contribution in [1.82, 2.24) is 15.2 Å². The maximum atomic E-state index is 12.1. The van der Waals surface area contributed by atoms with Crippen LogP contribution < -0.4 is 5.32 Å². The highest BCUT2D eigenvalue weighted by Crippen LogP contribution is 2.13. The van der Waals surface area contributed by atoms with Crippen LogP contribution in [0.5, 0.6) is 0 Å². The second-order valence-electron chi connectivity index (χ2n) is 6.52. The third-order valence-corrected chi connectivity index (χ3v) is 4.50. The number of aromatic nitrogens is 1. The van der Waals surface area contributed by atoms with Crippen molar-refractivity contribution in [2.24, 2.45) is 0 Å². The van der Waals surface area contributed by atoms with Crippen LogP contribution in [-0.4, -0.2) is 28.9 Å². The molecule has 1 N–H and O–H groups in total.